The molecule has 1 fully saturated rings. The monoisotopic (exact) mass is 751 g/mol. The van der Waals surface area contributed by atoms with Gasteiger partial charge in [0.15, 0.2) is 29.3 Å². The minimum atomic E-state index is -1.55. The number of carboxylic acid groups (broad SMARTS) is 1. The number of hydrogen-bond acceptors (Lipinski definition) is 11. The highest BCUT2D eigenvalue weighted by Crippen LogP contribution is 2.33. The van der Waals surface area contributed by atoms with Crippen LogP contribution >= 0.6 is 0 Å². The number of likely N-dealkylation sites (N-methyl/N-ethyl adjacent to an activating group) is 1. The lowest BCUT2D eigenvalue weighted by atomic mass is 9.91. The van der Waals surface area contributed by atoms with Crippen LogP contribution in [-0.2, 0) is 16.1 Å². The minimum Gasteiger partial charge on any atom is -0.478 e. The number of benzene rings is 3. The van der Waals surface area contributed by atoms with Gasteiger partial charge < -0.3 is 46.6 Å². The molecular weight excluding hydrogens is 710 g/mol. The number of ether oxygens (including phenoxy) is 1. The molecule has 17 nitrogen and oxygen atoms in total. The zero-order chi connectivity index (χ0) is 38.9. The molecule has 2 aromatic heterocycles. The Morgan fingerprint density at radius 3 is 2.11 bits per heavy atom. The smallest absolute Gasteiger partial charge is 0.335 e. The van der Waals surface area contributed by atoms with Crippen molar-refractivity contribution >= 4 is 40.8 Å². The number of aromatic carboxylic acids is 1. The molecule has 0 aliphatic carbocycles. The van der Waals surface area contributed by atoms with Crippen molar-refractivity contribution in [3.63, 3.8) is 0 Å². The van der Waals surface area contributed by atoms with Crippen molar-refractivity contribution in [3.05, 3.63) is 119 Å². The fourth-order valence-corrected chi connectivity index (χ4v) is 6.15. The van der Waals surface area contributed by atoms with Crippen LogP contribution in [0.4, 0.5) is 10.6 Å². The number of fused-ring (bicyclic) bond motifs is 1. The molecule has 0 unspecified atom stereocenters. The summed E-state index contributed by atoms with van der Waals surface area (Å²) < 4.78 is 7.18. The number of aromatic nitrogens is 4. The molecule has 6 rings (SSSR count). The number of carboxylic acids is 1. The second-order valence-corrected chi connectivity index (χ2v) is 12.7. The summed E-state index contributed by atoms with van der Waals surface area (Å²) in [7, 11) is 0. The van der Waals surface area contributed by atoms with Crippen molar-refractivity contribution in [3.8, 4) is 0 Å². The molecule has 4 atom stereocenters. The zero-order valence-electron chi connectivity index (χ0n) is 29.8. The number of carbonyl (C=O) groups excluding carboxylic acids is 3. The Hall–Kier alpha value is -6.43. The molecule has 4 amide bonds. The van der Waals surface area contributed by atoms with Gasteiger partial charge in [0.05, 0.1) is 11.9 Å². The molecule has 8 N–H and O–H groups in total. The lowest BCUT2D eigenvalue weighted by molar-refractivity contribution is -0.137. The summed E-state index contributed by atoms with van der Waals surface area (Å²) in [6.45, 7) is 2.57. The number of urea groups is 1. The second kappa shape index (κ2) is 17.6. The average molecular weight is 752 g/mol. The van der Waals surface area contributed by atoms with Crippen LogP contribution in [0.15, 0.2) is 91.3 Å². The highest BCUT2D eigenvalue weighted by atomic mass is 16.6. The largest absolute Gasteiger partial charge is 0.478 e. The number of rotatable bonds is 15. The summed E-state index contributed by atoms with van der Waals surface area (Å²) in [5.74, 6) is -2.48. The fourth-order valence-electron chi connectivity index (χ4n) is 6.15. The van der Waals surface area contributed by atoms with Gasteiger partial charge in [0.25, 0.3) is 11.8 Å². The first-order valence-corrected chi connectivity index (χ1v) is 17.6. The van der Waals surface area contributed by atoms with Gasteiger partial charge in [-0.05, 0) is 35.7 Å². The third-order valence-corrected chi connectivity index (χ3v) is 8.97. The molecule has 17 heteroatoms. The molecule has 3 aromatic carbocycles. The highest BCUT2D eigenvalue weighted by molar-refractivity contribution is 5.94. The molecule has 0 radical (unpaired) electrons. The Bertz CT molecular complexity index is 2080. The Balaban J connectivity index is 1.20. The van der Waals surface area contributed by atoms with Gasteiger partial charge in [-0.2, -0.15) is 0 Å². The predicted molar refractivity (Wildman–Crippen MR) is 199 cm³/mol. The molecule has 0 saturated carbocycles. The summed E-state index contributed by atoms with van der Waals surface area (Å²) in [5.41, 5.74) is 3.26. The number of imidazole rings is 1. The fraction of sp³-hybridized carbons (Fsp3) is 0.289. The molecule has 5 aromatic rings. The maximum atomic E-state index is 13.5. The van der Waals surface area contributed by atoms with Gasteiger partial charge in [0.1, 0.15) is 12.2 Å². The maximum absolute atomic E-state index is 13.5. The van der Waals surface area contributed by atoms with Gasteiger partial charge in [-0.3, -0.25) is 14.2 Å². The second-order valence-electron chi connectivity index (χ2n) is 12.7. The molecule has 286 valence electrons. The Morgan fingerprint density at radius 2 is 1.47 bits per heavy atom. The third-order valence-electron chi connectivity index (χ3n) is 8.97. The molecule has 1 aliphatic heterocycles. The summed E-state index contributed by atoms with van der Waals surface area (Å²) >= 11 is 0. The first-order valence-electron chi connectivity index (χ1n) is 17.6. The van der Waals surface area contributed by atoms with Crippen LogP contribution in [0.3, 0.4) is 0 Å². The number of hydrogen-bond donors (Lipinski definition) is 8. The van der Waals surface area contributed by atoms with E-state index in [2.05, 4.69) is 41.5 Å². The van der Waals surface area contributed by atoms with Crippen LogP contribution in [0.1, 0.15) is 56.7 Å². The number of amides is 4. The van der Waals surface area contributed by atoms with E-state index in [1.165, 1.54) is 23.0 Å². The van der Waals surface area contributed by atoms with E-state index in [9.17, 15) is 29.4 Å². The van der Waals surface area contributed by atoms with E-state index in [1.807, 2.05) is 60.7 Å². The zero-order valence-corrected chi connectivity index (χ0v) is 29.8. The van der Waals surface area contributed by atoms with Gasteiger partial charge in [0.2, 0.25) is 5.82 Å². The molecule has 0 spiro atoms. The Kier molecular flexibility index (Phi) is 12.3. The van der Waals surface area contributed by atoms with E-state index >= 15 is 0 Å². The normalized spacial score (nSPS) is 17.8. The molecule has 3 heterocycles. The highest BCUT2D eigenvalue weighted by Gasteiger charge is 2.47. The Morgan fingerprint density at radius 1 is 0.818 bits per heavy atom. The van der Waals surface area contributed by atoms with Gasteiger partial charge in [0, 0.05) is 38.6 Å². The lowest BCUT2D eigenvalue weighted by Gasteiger charge is -2.20. The van der Waals surface area contributed by atoms with Crippen LogP contribution in [0.2, 0.25) is 0 Å². The Labute approximate surface area is 315 Å². The van der Waals surface area contributed by atoms with Crippen molar-refractivity contribution in [2.45, 2.75) is 43.9 Å². The number of nitrogens with zero attached hydrogens (tertiary/aromatic N) is 4. The van der Waals surface area contributed by atoms with Crippen LogP contribution in [-0.4, -0.2) is 103 Å². The summed E-state index contributed by atoms with van der Waals surface area (Å²) in [5, 5.41) is 44.7. The van der Waals surface area contributed by atoms with Crippen molar-refractivity contribution in [1.82, 2.24) is 40.8 Å². The van der Waals surface area contributed by atoms with Gasteiger partial charge in [-0.15, -0.1) is 0 Å². The van der Waals surface area contributed by atoms with E-state index in [-0.39, 0.29) is 53.9 Å². The average Bonchev–Trinajstić information content (AvgIpc) is 3.76. The first kappa shape index (κ1) is 38.3. The lowest BCUT2D eigenvalue weighted by Crippen LogP contribution is -2.42. The number of nitrogens with one attached hydrogen (secondary N) is 5. The topological polar surface area (TPSA) is 242 Å². The number of carbonyl (C=O) groups is 4. The standard InChI is InChI=1S/C38H41N9O8/c1-2-39-34(50)30-28(48)29(49)36(55-30)47-21-44-27-31(42-20-26(23-9-5-3-6-10-23)24-11-7-4-8-12-24)45-32(46-33(27)47)35(51)40-17-18-41-38(54)43-19-22-13-15-25(16-14-22)37(52)53/h3-16,21,26,28-30,36,48-49H,2,17-20H2,1H3,(H,39,50)(H,40,51)(H,52,53)(H2,41,43,54)(H,42,45,46)/t28-,29-,30-,36+/m0/s1. The predicted octanol–water partition coefficient (Wildman–Crippen LogP) is 1.75. The first-order chi connectivity index (χ1) is 26.6. The van der Waals surface area contributed by atoms with E-state index in [0.29, 0.717) is 18.7 Å². The van der Waals surface area contributed by atoms with E-state index in [4.69, 9.17) is 9.84 Å². The van der Waals surface area contributed by atoms with Gasteiger partial charge in [-0.1, -0.05) is 72.8 Å². The quantitative estimate of drug-likeness (QED) is 0.0714. The summed E-state index contributed by atoms with van der Waals surface area (Å²) in [6, 6.07) is 25.3. The number of aliphatic hydroxyl groups is 2. The van der Waals surface area contributed by atoms with Gasteiger partial charge in [-0.25, -0.2) is 24.5 Å². The van der Waals surface area contributed by atoms with Crippen molar-refractivity contribution in [2.24, 2.45) is 0 Å². The number of aliphatic hydroxyl groups excluding tert-OH is 2. The van der Waals surface area contributed by atoms with Crippen LogP contribution in [0.25, 0.3) is 11.2 Å². The SMILES string of the molecule is CCNC(=O)[C@H]1O[C@@H](n2cnc3c(NCC(c4ccccc4)c4ccccc4)nc(C(=O)NCCNC(=O)NCc4ccc(C(=O)O)cc4)nc32)[C@@H](O)[C@@H]1O. The van der Waals surface area contributed by atoms with Crippen molar-refractivity contribution < 1.29 is 39.2 Å². The van der Waals surface area contributed by atoms with Crippen molar-refractivity contribution in [1.29, 1.82) is 0 Å². The van der Waals surface area contributed by atoms with Gasteiger partial charge >= 0.3 is 12.0 Å². The van der Waals surface area contributed by atoms with E-state index < -0.39 is 48.4 Å². The van der Waals surface area contributed by atoms with E-state index in [0.717, 1.165) is 11.1 Å². The number of anilines is 1. The molecule has 1 saturated heterocycles. The molecular formula is C38H41N9O8. The summed E-state index contributed by atoms with van der Waals surface area (Å²) in [4.78, 5) is 63.0. The molecule has 55 heavy (non-hydrogen) atoms. The third kappa shape index (κ3) is 9.03. The van der Waals surface area contributed by atoms with Crippen LogP contribution in [0, 0.1) is 0 Å². The minimum absolute atomic E-state index is 0.0118. The molecule has 0 bridgehead atoms. The molecule has 1 aliphatic rings. The van der Waals surface area contributed by atoms with E-state index in [1.54, 1.807) is 19.1 Å². The summed E-state index contributed by atoms with van der Waals surface area (Å²) in [6.07, 6.45) is -4.38. The van der Waals surface area contributed by atoms with Crippen LogP contribution in [0.5, 0.6) is 0 Å². The van der Waals surface area contributed by atoms with Crippen molar-refractivity contribution in [2.75, 3.05) is 31.5 Å². The maximum Gasteiger partial charge on any atom is 0.335 e. The van der Waals surface area contributed by atoms with Crippen LogP contribution < -0.4 is 26.6 Å².